The number of ether oxygens (including phenoxy) is 2. The Morgan fingerprint density at radius 3 is 2.60 bits per heavy atom. The molecule has 1 fully saturated rings. The highest BCUT2D eigenvalue weighted by Gasteiger charge is 2.13. The van der Waals surface area contributed by atoms with Crippen molar-refractivity contribution in [3.63, 3.8) is 0 Å². The van der Waals surface area contributed by atoms with Gasteiger partial charge in [0.2, 0.25) is 0 Å². The van der Waals surface area contributed by atoms with Crippen molar-refractivity contribution in [2.24, 2.45) is 0 Å². The average Bonchev–Trinajstić information content (AvgIpc) is 2.63. The Morgan fingerprint density at radius 1 is 1.20 bits per heavy atom. The minimum atomic E-state index is -0.196. The Balaban J connectivity index is 1.65. The van der Waals surface area contributed by atoms with Gasteiger partial charge in [-0.05, 0) is 35.9 Å². The molecule has 0 aromatic heterocycles. The fraction of sp³-hybridized carbons (Fsp3) is 0.316. The molecule has 1 aliphatic heterocycles. The van der Waals surface area contributed by atoms with Crippen LogP contribution in [0.25, 0.3) is 0 Å². The van der Waals surface area contributed by atoms with E-state index in [1.54, 1.807) is 25.3 Å². The minimum Gasteiger partial charge on any atom is -0.495 e. The van der Waals surface area contributed by atoms with Gasteiger partial charge in [-0.3, -0.25) is 9.69 Å². The van der Waals surface area contributed by atoms with Crippen LogP contribution in [0, 0.1) is 0 Å². The van der Waals surface area contributed by atoms with Crippen LogP contribution in [0.1, 0.15) is 15.9 Å². The molecule has 3 rings (SSSR count). The number of hydrogen-bond donors (Lipinski definition) is 1. The molecule has 25 heavy (non-hydrogen) atoms. The van der Waals surface area contributed by atoms with Gasteiger partial charge in [0, 0.05) is 30.2 Å². The number of carbonyl (C=O) groups is 1. The maximum Gasteiger partial charge on any atom is 0.255 e. The van der Waals surface area contributed by atoms with Crippen LogP contribution in [-0.4, -0.2) is 44.2 Å². The van der Waals surface area contributed by atoms with E-state index in [9.17, 15) is 4.79 Å². The summed E-state index contributed by atoms with van der Waals surface area (Å²) in [4.78, 5) is 14.8. The molecule has 0 unspecified atom stereocenters. The molecule has 2 aromatic carbocycles. The number of benzene rings is 2. The number of rotatable bonds is 5. The zero-order valence-electron chi connectivity index (χ0n) is 14.1. The first-order chi connectivity index (χ1) is 12.2. The van der Waals surface area contributed by atoms with E-state index in [2.05, 4.69) is 10.2 Å². The first-order valence-electron chi connectivity index (χ1n) is 8.19. The largest absolute Gasteiger partial charge is 0.495 e. The van der Waals surface area contributed by atoms with E-state index in [0.717, 1.165) is 32.8 Å². The summed E-state index contributed by atoms with van der Waals surface area (Å²) < 4.78 is 10.6. The molecule has 1 heterocycles. The zero-order chi connectivity index (χ0) is 17.6. The smallest absolute Gasteiger partial charge is 0.255 e. The molecule has 1 amide bonds. The molecular formula is C19H21ClN2O3. The van der Waals surface area contributed by atoms with Crippen molar-refractivity contribution in [2.75, 3.05) is 38.7 Å². The highest BCUT2D eigenvalue weighted by Crippen LogP contribution is 2.28. The van der Waals surface area contributed by atoms with E-state index in [1.807, 2.05) is 24.3 Å². The molecule has 132 valence electrons. The minimum absolute atomic E-state index is 0.196. The van der Waals surface area contributed by atoms with Crippen molar-refractivity contribution in [1.29, 1.82) is 0 Å². The molecule has 0 atom stereocenters. The second-order valence-corrected chi connectivity index (χ2v) is 6.32. The van der Waals surface area contributed by atoms with E-state index < -0.39 is 0 Å². The molecule has 0 radical (unpaired) electrons. The van der Waals surface area contributed by atoms with Gasteiger partial charge in [0.05, 0.1) is 26.0 Å². The molecule has 6 heteroatoms. The van der Waals surface area contributed by atoms with Gasteiger partial charge in [-0.1, -0.05) is 23.7 Å². The fourth-order valence-corrected chi connectivity index (χ4v) is 2.92. The van der Waals surface area contributed by atoms with Crippen molar-refractivity contribution >= 4 is 23.2 Å². The van der Waals surface area contributed by atoms with Crippen LogP contribution in [-0.2, 0) is 11.3 Å². The lowest BCUT2D eigenvalue weighted by Gasteiger charge is -2.26. The van der Waals surface area contributed by atoms with Gasteiger partial charge in [-0.2, -0.15) is 0 Å². The number of halogens is 1. The second kappa shape index (κ2) is 8.34. The van der Waals surface area contributed by atoms with Gasteiger partial charge in [-0.15, -0.1) is 0 Å². The molecular weight excluding hydrogens is 340 g/mol. The van der Waals surface area contributed by atoms with E-state index in [1.165, 1.54) is 5.56 Å². The summed E-state index contributed by atoms with van der Waals surface area (Å²) in [5.74, 6) is 0.375. The number of methoxy groups -OCH3 is 1. The van der Waals surface area contributed by atoms with E-state index in [-0.39, 0.29) is 5.91 Å². The van der Waals surface area contributed by atoms with Crippen LogP contribution in [0.15, 0.2) is 42.5 Å². The molecule has 5 nitrogen and oxygen atoms in total. The number of morpholine rings is 1. The Bertz CT molecular complexity index is 728. The summed E-state index contributed by atoms with van der Waals surface area (Å²) in [6.07, 6.45) is 0. The summed E-state index contributed by atoms with van der Waals surface area (Å²) in [6, 6.07) is 12.8. The first-order valence-corrected chi connectivity index (χ1v) is 8.57. The van der Waals surface area contributed by atoms with Crippen LogP contribution >= 0.6 is 11.6 Å². The van der Waals surface area contributed by atoms with Gasteiger partial charge in [-0.25, -0.2) is 0 Å². The maximum absolute atomic E-state index is 12.5. The summed E-state index contributed by atoms with van der Waals surface area (Å²) in [5, 5.41) is 3.38. The van der Waals surface area contributed by atoms with Crippen LogP contribution in [0.2, 0.25) is 5.02 Å². The van der Waals surface area contributed by atoms with Crippen LogP contribution in [0.5, 0.6) is 5.75 Å². The topological polar surface area (TPSA) is 50.8 Å². The molecule has 0 aliphatic carbocycles. The Morgan fingerprint density at radius 2 is 1.92 bits per heavy atom. The third-order valence-electron chi connectivity index (χ3n) is 4.14. The van der Waals surface area contributed by atoms with Gasteiger partial charge in [0.1, 0.15) is 5.75 Å². The Hall–Kier alpha value is -2.08. The van der Waals surface area contributed by atoms with Crippen molar-refractivity contribution in [2.45, 2.75) is 6.54 Å². The predicted molar refractivity (Wildman–Crippen MR) is 98.5 cm³/mol. The monoisotopic (exact) mass is 360 g/mol. The molecule has 0 spiro atoms. The van der Waals surface area contributed by atoms with Gasteiger partial charge < -0.3 is 14.8 Å². The summed E-state index contributed by atoms with van der Waals surface area (Å²) in [7, 11) is 1.55. The highest BCUT2D eigenvalue weighted by atomic mass is 35.5. The standard InChI is InChI=1S/C19H21ClN2O3/c1-24-18-7-6-16(20)12-17(18)21-19(23)15-4-2-14(3-5-15)13-22-8-10-25-11-9-22/h2-7,12H,8-11,13H2,1H3,(H,21,23). The number of hydrogen-bond acceptors (Lipinski definition) is 4. The molecule has 1 aliphatic rings. The summed E-state index contributed by atoms with van der Waals surface area (Å²) in [6.45, 7) is 4.31. The Labute approximate surface area is 152 Å². The first kappa shape index (κ1) is 17.7. The number of amides is 1. The van der Waals surface area contributed by atoms with Crippen molar-refractivity contribution < 1.29 is 14.3 Å². The number of nitrogens with one attached hydrogen (secondary N) is 1. The fourth-order valence-electron chi connectivity index (χ4n) is 2.75. The van der Waals surface area contributed by atoms with Crippen molar-refractivity contribution in [3.8, 4) is 5.75 Å². The lowest BCUT2D eigenvalue weighted by molar-refractivity contribution is 0.0342. The van der Waals surface area contributed by atoms with Gasteiger partial charge >= 0.3 is 0 Å². The van der Waals surface area contributed by atoms with Crippen LogP contribution in [0.4, 0.5) is 5.69 Å². The molecule has 2 aromatic rings. The average molecular weight is 361 g/mol. The second-order valence-electron chi connectivity index (χ2n) is 5.88. The number of anilines is 1. The lowest BCUT2D eigenvalue weighted by atomic mass is 10.1. The molecule has 0 bridgehead atoms. The molecule has 1 N–H and O–H groups in total. The van der Waals surface area contributed by atoms with E-state index in [4.69, 9.17) is 21.1 Å². The SMILES string of the molecule is COc1ccc(Cl)cc1NC(=O)c1ccc(CN2CCOCC2)cc1. The Kier molecular flexibility index (Phi) is 5.91. The third-order valence-corrected chi connectivity index (χ3v) is 4.37. The normalized spacial score (nSPS) is 15.0. The predicted octanol–water partition coefficient (Wildman–Crippen LogP) is 3.43. The van der Waals surface area contributed by atoms with Crippen molar-refractivity contribution in [3.05, 3.63) is 58.6 Å². The zero-order valence-corrected chi connectivity index (χ0v) is 14.9. The third kappa shape index (κ3) is 4.72. The van der Waals surface area contributed by atoms with Crippen molar-refractivity contribution in [1.82, 2.24) is 4.90 Å². The summed E-state index contributed by atoms with van der Waals surface area (Å²) in [5.41, 5.74) is 2.32. The maximum atomic E-state index is 12.5. The molecule has 1 saturated heterocycles. The van der Waals surface area contributed by atoms with Gasteiger partial charge in [0.25, 0.3) is 5.91 Å². The summed E-state index contributed by atoms with van der Waals surface area (Å²) >= 11 is 6.00. The van der Waals surface area contributed by atoms with Crippen LogP contribution in [0.3, 0.4) is 0 Å². The number of nitrogens with zero attached hydrogens (tertiary/aromatic N) is 1. The van der Waals surface area contributed by atoms with Gasteiger partial charge in [0.15, 0.2) is 0 Å². The quantitative estimate of drug-likeness (QED) is 0.887. The van der Waals surface area contributed by atoms with Crippen LogP contribution < -0.4 is 10.1 Å². The van der Waals surface area contributed by atoms with E-state index >= 15 is 0 Å². The lowest BCUT2D eigenvalue weighted by Crippen LogP contribution is -2.35. The van der Waals surface area contributed by atoms with E-state index in [0.29, 0.717) is 22.0 Å². The highest BCUT2D eigenvalue weighted by molar-refractivity contribution is 6.31. The number of carbonyl (C=O) groups excluding carboxylic acids is 1. The molecule has 0 saturated carbocycles.